The van der Waals surface area contributed by atoms with Crippen LogP contribution in [0.1, 0.15) is 94.9 Å². The summed E-state index contributed by atoms with van der Waals surface area (Å²) in [6.45, 7) is 19.5. The van der Waals surface area contributed by atoms with Crippen LogP contribution in [-0.2, 0) is 28.7 Å². The van der Waals surface area contributed by atoms with E-state index in [4.69, 9.17) is 9.47 Å². The number of ketones is 2. The lowest BCUT2D eigenvalue weighted by molar-refractivity contribution is -0.168. The van der Waals surface area contributed by atoms with Crippen molar-refractivity contribution >= 4 is 23.5 Å². The van der Waals surface area contributed by atoms with Crippen LogP contribution in [0.3, 0.4) is 0 Å². The van der Waals surface area contributed by atoms with E-state index < -0.39 is 46.2 Å². The van der Waals surface area contributed by atoms with Crippen LogP contribution in [0.15, 0.2) is 0 Å². The summed E-state index contributed by atoms with van der Waals surface area (Å²) in [6, 6.07) is 0. The molecule has 2 atom stereocenters. The maximum atomic E-state index is 13.5. The van der Waals surface area contributed by atoms with E-state index in [-0.39, 0.29) is 25.0 Å². The van der Waals surface area contributed by atoms with Crippen LogP contribution in [0.2, 0.25) is 0 Å². The van der Waals surface area contributed by atoms with Crippen molar-refractivity contribution in [3.63, 3.8) is 0 Å². The molecule has 0 aromatic heterocycles. The Kier molecular flexibility index (Phi) is 12.4. The fourth-order valence-corrected chi connectivity index (χ4v) is 3.57. The van der Waals surface area contributed by atoms with Gasteiger partial charge in [-0.1, -0.05) is 82.1 Å². The van der Waals surface area contributed by atoms with Crippen molar-refractivity contribution in [3.05, 3.63) is 0 Å². The van der Waals surface area contributed by atoms with E-state index in [0.717, 1.165) is 12.8 Å². The molecule has 0 radical (unpaired) electrons. The summed E-state index contributed by atoms with van der Waals surface area (Å²) in [5, 5.41) is 0. The minimum absolute atomic E-state index is 0.0331. The second kappa shape index (κ2) is 13.1. The first-order valence-electron chi connectivity index (χ1n) is 12.1. The number of ether oxygens (including phenoxy) is 2. The molecule has 0 amide bonds. The lowest BCUT2D eigenvalue weighted by atomic mass is 9.55. The fraction of sp³-hybridized carbons (Fsp3) is 0.846. The van der Waals surface area contributed by atoms with Crippen LogP contribution in [0, 0.1) is 34.5 Å². The fourth-order valence-electron chi connectivity index (χ4n) is 3.57. The Hall–Kier alpha value is -1.72. The van der Waals surface area contributed by atoms with Crippen molar-refractivity contribution in [2.24, 2.45) is 34.5 Å². The highest BCUT2D eigenvalue weighted by Gasteiger charge is 2.55. The van der Waals surface area contributed by atoms with Crippen LogP contribution < -0.4 is 0 Å². The predicted octanol–water partition coefficient (Wildman–Crippen LogP) is 5.41. The molecule has 32 heavy (non-hydrogen) atoms. The van der Waals surface area contributed by atoms with E-state index >= 15 is 0 Å². The first kappa shape index (κ1) is 30.3. The summed E-state index contributed by atoms with van der Waals surface area (Å²) >= 11 is 0. The van der Waals surface area contributed by atoms with E-state index in [0.29, 0.717) is 12.8 Å². The number of carbonyl (C=O) groups excluding carboxylic acids is 4. The van der Waals surface area contributed by atoms with E-state index in [1.807, 2.05) is 69.2 Å². The molecule has 0 aliphatic carbocycles. The third-order valence-electron chi connectivity index (χ3n) is 7.34. The average molecular weight is 455 g/mol. The molecule has 0 rings (SSSR count). The first-order valence-corrected chi connectivity index (χ1v) is 12.1. The monoisotopic (exact) mass is 454 g/mol. The van der Waals surface area contributed by atoms with E-state index in [2.05, 4.69) is 0 Å². The Labute approximate surface area is 195 Å². The van der Waals surface area contributed by atoms with Gasteiger partial charge in [0.2, 0.25) is 11.6 Å². The van der Waals surface area contributed by atoms with Crippen molar-refractivity contribution in [2.45, 2.75) is 94.9 Å². The molecule has 0 saturated carbocycles. The normalized spacial score (nSPS) is 14.2. The Morgan fingerprint density at radius 3 is 1.12 bits per heavy atom. The maximum absolute atomic E-state index is 13.5. The topological polar surface area (TPSA) is 86.7 Å². The molecular formula is C26H46O6. The number of carbonyl (C=O) groups is 4. The van der Waals surface area contributed by atoms with Gasteiger partial charge in [-0.2, -0.15) is 0 Å². The second-order valence-electron chi connectivity index (χ2n) is 10.6. The molecule has 0 N–H and O–H groups in total. The van der Waals surface area contributed by atoms with Crippen molar-refractivity contribution in [2.75, 3.05) is 13.2 Å². The average Bonchev–Trinajstić information content (AvgIpc) is 2.70. The third kappa shape index (κ3) is 7.70. The smallest absolute Gasteiger partial charge is 0.374 e. The van der Waals surface area contributed by atoms with Crippen LogP contribution in [0.4, 0.5) is 0 Å². The first-order chi connectivity index (χ1) is 14.7. The van der Waals surface area contributed by atoms with Crippen LogP contribution in [0.25, 0.3) is 0 Å². The molecular weight excluding hydrogens is 408 g/mol. The predicted molar refractivity (Wildman–Crippen MR) is 126 cm³/mol. The second-order valence-corrected chi connectivity index (χ2v) is 10.6. The standard InChI is InChI=1S/C26H46O6/c1-11-13-15-31-23(29)21(27)19(25(7,8)17(3)4)20(26(9,10)18(5)6)22(28)24(30)32-16-14-12-2/h17-20H,11-16H2,1-10H3. The molecule has 0 heterocycles. The van der Waals surface area contributed by atoms with Gasteiger partial charge in [-0.15, -0.1) is 0 Å². The number of rotatable bonds is 15. The van der Waals surface area contributed by atoms with Crippen molar-refractivity contribution in [1.29, 1.82) is 0 Å². The summed E-state index contributed by atoms with van der Waals surface area (Å²) in [6.07, 6.45) is 2.96. The molecule has 0 aliphatic heterocycles. The van der Waals surface area contributed by atoms with Crippen molar-refractivity contribution in [1.82, 2.24) is 0 Å². The SMILES string of the molecule is CCCCOC(=O)C(=O)C(C(C(=O)C(=O)OCCCC)C(C)(C)C(C)C)C(C)(C)C(C)C. The number of esters is 2. The van der Waals surface area contributed by atoms with Gasteiger partial charge in [0.05, 0.1) is 13.2 Å². The summed E-state index contributed by atoms with van der Waals surface area (Å²) in [5.41, 5.74) is -1.48. The molecule has 186 valence electrons. The summed E-state index contributed by atoms with van der Waals surface area (Å²) < 4.78 is 10.5. The van der Waals surface area contributed by atoms with Crippen molar-refractivity contribution in [3.8, 4) is 0 Å². The zero-order chi connectivity index (χ0) is 25.3. The van der Waals surface area contributed by atoms with Gasteiger partial charge >= 0.3 is 11.9 Å². The van der Waals surface area contributed by atoms with Gasteiger partial charge in [0, 0.05) is 11.8 Å². The Balaban J connectivity index is 6.47. The van der Waals surface area contributed by atoms with Gasteiger partial charge in [0.15, 0.2) is 0 Å². The lowest BCUT2D eigenvalue weighted by Crippen LogP contribution is -2.53. The maximum Gasteiger partial charge on any atom is 0.374 e. The number of Topliss-reactive ketones (excluding diaryl/α,β-unsaturated/α-hetero) is 2. The molecule has 0 fully saturated rings. The molecule has 2 unspecified atom stereocenters. The quantitative estimate of drug-likeness (QED) is 0.187. The molecule has 0 bridgehead atoms. The molecule has 0 aromatic carbocycles. The van der Waals surface area contributed by atoms with E-state index in [1.165, 1.54) is 0 Å². The summed E-state index contributed by atoms with van der Waals surface area (Å²) in [5.74, 6) is -5.45. The highest BCUT2D eigenvalue weighted by atomic mass is 16.5. The zero-order valence-corrected chi connectivity index (χ0v) is 22.0. The van der Waals surface area contributed by atoms with E-state index in [9.17, 15) is 19.2 Å². The number of unbranched alkanes of at least 4 members (excludes halogenated alkanes) is 2. The molecule has 0 aliphatic rings. The molecule has 6 nitrogen and oxygen atoms in total. The van der Waals surface area contributed by atoms with Gasteiger partial charge < -0.3 is 9.47 Å². The highest BCUT2D eigenvalue weighted by Crippen LogP contribution is 2.49. The van der Waals surface area contributed by atoms with Crippen LogP contribution >= 0.6 is 0 Å². The van der Waals surface area contributed by atoms with Gasteiger partial charge in [-0.05, 0) is 35.5 Å². The van der Waals surface area contributed by atoms with Crippen LogP contribution in [-0.4, -0.2) is 36.7 Å². The Morgan fingerprint density at radius 2 is 0.906 bits per heavy atom. The number of hydrogen-bond donors (Lipinski definition) is 0. The zero-order valence-electron chi connectivity index (χ0n) is 22.0. The molecule has 6 heteroatoms. The minimum Gasteiger partial charge on any atom is -0.460 e. The Bertz CT molecular complexity index is 589. The number of hydrogen-bond acceptors (Lipinski definition) is 6. The molecule has 0 spiro atoms. The third-order valence-corrected chi connectivity index (χ3v) is 7.34. The lowest BCUT2D eigenvalue weighted by Gasteiger charge is -2.47. The highest BCUT2D eigenvalue weighted by molar-refractivity contribution is 6.39. The minimum atomic E-state index is -1.01. The Morgan fingerprint density at radius 1 is 0.625 bits per heavy atom. The van der Waals surface area contributed by atoms with Gasteiger partial charge in [0.25, 0.3) is 0 Å². The van der Waals surface area contributed by atoms with Gasteiger partial charge in [-0.3, -0.25) is 9.59 Å². The van der Waals surface area contributed by atoms with Gasteiger partial charge in [0.1, 0.15) is 0 Å². The van der Waals surface area contributed by atoms with Crippen molar-refractivity contribution < 1.29 is 28.7 Å². The molecule has 0 saturated heterocycles. The summed E-state index contributed by atoms with van der Waals surface area (Å²) in [4.78, 5) is 52.5. The summed E-state index contributed by atoms with van der Waals surface area (Å²) in [7, 11) is 0. The largest absolute Gasteiger partial charge is 0.460 e. The van der Waals surface area contributed by atoms with E-state index in [1.54, 1.807) is 0 Å². The molecule has 0 aromatic rings. The van der Waals surface area contributed by atoms with Gasteiger partial charge in [-0.25, -0.2) is 9.59 Å². The van der Waals surface area contributed by atoms with Crippen LogP contribution in [0.5, 0.6) is 0 Å².